The zero-order valence-electron chi connectivity index (χ0n) is 14.8. The number of hydrogen-bond acceptors (Lipinski definition) is 7. The minimum absolute atomic E-state index is 0.0202. The zero-order chi connectivity index (χ0) is 19.4. The Labute approximate surface area is 159 Å². The lowest BCUT2D eigenvalue weighted by atomic mass is 10.2. The third-order valence-corrected chi connectivity index (χ3v) is 4.90. The Morgan fingerprint density at radius 1 is 1.37 bits per heavy atom. The van der Waals surface area contributed by atoms with Crippen molar-refractivity contribution in [1.82, 2.24) is 14.5 Å². The molecule has 2 N–H and O–H groups in total. The van der Waals surface area contributed by atoms with E-state index in [4.69, 9.17) is 0 Å². The van der Waals surface area contributed by atoms with Gasteiger partial charge < -0.3 is 15.2 Å². The van der Waals surface area contributed by atoms with Gasteiger partial charge in [0.1, 0.15) is 5.69 Å². The first kappa shape index (κ1) is 18.5. The Balaban J connectivity index is 1.58. The molecular weight excluding hydrogens is 368 g/mol. The van der Waals surface area contributed by atoms with Crippen molar-refractivity contribution in [1.29, 1.82) is 0 Å². The van der Waals surface area contributed by atoms with Gasteiger partial charge in [0.25, 0.3) is 5.69 Å². The van der Waals surface area contributed by atoms with Gasteiger partial charge in [-0.15, -0.1) is 0 Å². The number of amides is 1. The van der Waals surface area contributed by atoms with Gasteiger partial charge in [-0.25, -0.2) is 9.97 Å². The van der Waals surface area contributed by atoms with Gasteiger partial charge in [0, 0.05) is 38.5 Å². The molecule has 0 aliphatic heterocycles. The Hall–Kier alpha value is -3.27. The van der Waals surface area contributed by atoms with Crippen LogP contribution in [0.15, 0.2) is 36.7 Å². The summed E-state index contributed by atoms with van der Waals surface area (Å²) in [6.45, 7) is 2.14. The van der Waals surface area contributed by atoms with Crippen LogP contribution in [0.1, 0.15) is 12.1 Å². The first-order chi connectivity index (χ1) is 13.0. The van der Waals surface area contributed by atoms with E-state index in [1.165, 1.54) is 17.4 Å². The standard InChI is InChI=1S/C17H18N6O3S/c1-11-15(16-19-9-10-22(16)2)27-17(20-11)21-14(24)7-8-18-12-5-3-4-6-13(12)23(25)26/h3-6,9-10,18H,7-8H2,1-2H3,(H,20,21,24). The number of nitro benzene ring substituents is 1. The number of nitro groups is 1. The molecule has 140 valence electrons. The molecular formula is C17H18N6O3S. The third-order valence-electron chi connectivity index (χ3n) is 3.84. The Kier molecular flexibility index (Phi) is 5.46. The first-order valence-corrected chi connectivity index (χ1v) is 8.99. The fraction of sp³-hybridized carbons (Fsp3) is 0.235. The number of nitrogens with one attached hydrogen (secondary N) is 2. The molecule has 0 atom stereocenters. The molecule has 0 fully saturated rings. The molecule has 3 rings (SSSR count). The number of rotatable bonds is 7. The number of benzene rings is 1. The molecule has 1 amide bonds. The number of carbonyl (C=O) groups is 1. The number of nitrogens with zero attached hydrogens (tertiary/aromatic N) is 4. The van der Waals surface area contributed by atoms with Crippen LogP contribution in [-0.2, 0) is 11.8 Å². The van der Waals surface area contributed by atoms with Crippen LogP contribution in [0.4, 0.5) is 16.5 Å². The second-order valence-corrected chi connectivity index (χ2v) is 6.79. The van der Waals surface area contributed by atoms with Gasteiger partial charge in [-0.3, -0.25) is 14.9 Å². The highest BCUT2D eigenvalue weighted by atomic mass is 32.1. The summed E-state index contributed by atoms with van der Waals surface area (Å²) in [5.41, 5.74) is 1.16. The molecule has 0 aliphatic carbocycles. The number of imidazole rings is 1. The second-order valence-electron chi connectivity index (χ2n) is 5.79. The number of para-hydroxylation sites is 2. The largest absolute Gasteiger partial charge is 0.379 e. The van der Waals surface area contributed by atoms with Crippen molar-refractivity contribution < 1.29 is 9.72 Å². The van der Waals surface area contributed by atoms with Crippen molar-refractivity contribution in [3.05, 3.63) is 52.5 Å². The van der Waals surface area contributed by atoms with Gasteiger partial charge in [0.2, 0.25) is 5.91 Å². The number of hydrogen-bond donors (Lipinski definition) is 2. The van der Waals surface area contributed by atoms with Crippen LogP contribution in [0.5, 0.6) is 0 Å². The van der Waals surface area contributed by atoms with Crippen LogP contribution >= 0.6 is 11.3 Å². The fourth-order valence-corrected chi connectivity index (χ4v) is 3.54. The Morgan fingerprint density at radius 2 is 2.15 bits per heavy atom. The average Bonchev–Trinajstić information content (AvgIpc) is 3.20. The maximum atomic E-state index is 12.2. The van der Waals surface area contributed by atoms with Crippen LogP contribution < -0.4 is 10.6 Å². The van der Waals surface area contributed by atoms with Crippen LogP contribution in [0.2, 0.25) is 0 Å². The summed E-state index contributed by atoms with van der Waals surface area (Å²) in [5.74, 6) is 0.574. The van der Waals surface area contributed by atoms with Gasteiger partial charge in [0.05, 0.1) is 15.5 Å². The summed E-state index contributed by atoms with van der Waals surface area (Å²) in [6, 6.07) is 6.33. The summed E-state index contributed by atoms with van der Waals surface area (Å²) in [6.07, 6.45) is 3.71. The number of carbonyl (C=O) groups excluding carboxylic acids is 1. The molecule has 3 aromatic rings. The number of aryl methyl sites for hydroxylation is 2. The van der Waals surface area contributed by atoms with Crippen LogP contribution in [0.25, 0.3) is 10.7 Å². The highest BCUT2D eigenvalue weighted by molar-refractivity contribution is 7.19. The lowest BCUT2D eigenvalue weighted by molar-refractivity contribution is -0.384. The highest BCUT2D eigenvalue weighted by Gasteiger charge is 2.15. The van der Waals surface area contributed by atoms with Crippen molar-refractivity contribution in [2.24, 2.45) is 7.05 Å². The maximum Gasteiger partial charge on any atom is 0.292 e. The zero-order valence-corrected chi connectivity index (χ0v) is 15.6. The fourth-order valence-electron chi connectivity index (χ4n) is 2.52. The predicted molar refractivity (Wildman–Crippen MR) is 104 cm³/mol. The third kappa shape index (κ3) is 4.29. The summed E-state index contributed by atoms with van der Waals surface area (Å²) in [4.78, 5) is 32.3. The molecule has 0 bridgehead atoms. The van der Waals surface area contributed by atoms with Crippen LogP contribution in [0, 0.1) is 17.0 Å². The van der Waals surface area contributed by atoms with Gasteiger partial charge in [0.15, 0.2) is 11.0 Å². The van der Waals surface area contributed by atoms with Gasteiger partial charge in [-0.2, -0.15) is 0 Å². The molecule has 0 saturated heterocycles. The van der Waals surface area contributed by atoms with E-state index < -0.39 is 4.92 Å². The lowest BCUT2D eigenvalue weighted by Gasteiger charge is -2.06. The minimum atomic E-state index is -0.458. The molecule has 0 radical (unpaired) electrons. The molecule has 2 aromatic heterocycles. The predicted octanol–water partition coefficient (Wildman–Crippen LogP) is 3.20. The SMILES string of the molecule is Cc1nc(NC(=O)CCNc2ccccc2[N+](=O)[O-])sc1-c1nccn1C. The summed E-state index contributed by atoms with van der Waals surface area (Å²) >= 11 is 1.36. The van der Waals surface area contributed by atoms with E-state index >= 15 is 0 Å². The Morgan fingerprint density at radius 3 is 2.85 bits per heavy atom. The minimum Gasteiger partial charge on any atom is -0.379 e. The van der Waals surface area contributed by atoms with E-state index in [1.54, 1.807) is 24.4 Å². The monoisotopic (exact) mass is 386 g/mol. The highest BCUT2D eigenvalue weighted by Crippen LogP contribution is 2.31. The van der Waals surface area contributed by atoms with Gasteiger partial charge in [-0.1, -0.05) is 23.5 Å². The summed E-state index contributed by atoms with van der Waals surface area (Å²) in [7, 11) is 1.90. The van der Waals surface area contributed by atoms with Crippen molar-refractivity contribution in [3.63, 3.8) is 0 Å². The van der Waals surface area contributed by atoms with E-state index in [0.29, 0.717) is 10.8 Å². The molecule has 27 heavy (non-hydrogen) atoms. The van der Waals surface area contributed by atoms with Crippen molar-refractivity contribution in [2.75, 3.05) is 17.2 Å². The van der Waals surface area contributed by atoms with E-state index in [1.807, 2.05) is 24.7 Å². The number of anilines is 2. The number of aromatic nitrogens is 3. The molecule has 0 aliphatic rings. The quantitative estimate of drug-likeness (QED) is 0.476. The molecule has 1 aromatic carbocycles. The molecule has 10 heteroatoms. The summed E-state index contributed by atoms with van der Waals surface area (Å²) < 4.78 is 1.89. The topological polar surface area (TPSA) is 115 Å². The lowest BCUT2D eigenvalue weighted by Crippen LogP contribution is -2.16. The van der Waals surface area contributed by atoms with E-state index in [0.717, 1.165) is 16.4 Å². The van der Waals surface area contributed by atoms with E-state index in [-0.39, 0.29) is 24.6 Å². The van der Waals surface area contributed by atoms with Crippen LogP contribution in [-0.4, -0.2) is 31.9 Å². The normalized spacial score (nSPS) is 10.6. The van der Waals surface area contributed by atoms with Crippen molar-refractivity contribution in [2.45, 2.75) is 13.3 Å². The molecule has 9 nitrogen and oxygen atoms in total. The first-order valence-electron chi connectivity index (χ1n) is 8.18. The Bertz CT molecular complexity index is 981. The van der Waals surface area contributed by atoms with Crippen molar-refractivity contribution in [3.8, 4) is 10.7 Å². The van der Waals surface area contributed by atoms with Crippen LogP contribution in [0.3, 0.4) is 0 Å². The van der Waals surface area contributed by atoms with E-state index in [2.05, 4.69) is 20.6 Å². The molecule has 0 saturated carbocycles. The second kappa shape index (κ2) is 7.96. The average molecular weight is 386 g/mol. The maximum absolute atomic E-state index is 12.2. The molecule has 0 spiro atoms. The number of thiazole rings is 1. The summed E-state index contributed by atoms with van der Waals surface area (Å²) in [5, 5.41) is 17.2. The van der Waals surface area contributed by atoms with Crippen molar-refractivity contribution >= 4 is 33.8 Å². The van der Waals surface area contributed by atoms with Gasteiger partial charge in [-0.05, 0) is 13.0 Å². The van der Waals surface area contributed by atoms with E-state index in [9.17, 15) is 14.9 Å². The van der Waals surface area contributed by atoms with Gasteiger partial charge >= 0.3 is 0 Å². The molecule has 2 heterocycles. The smallest absolute Gasteiger partial charge is 0.292 e. The molecule has 0 unspecified atom stereocenters.